The second-order valence-electron chi connectivity index (χ2n) is 7.03. The van der Waals surface area contributed by atoms with Crippen LogP contribution < -0.4 is 0 Å². The van der Waals surface area contributed by atoms with E-state index in [-0.39, 0.29) is 11.7 Å². The van der Waals surface area contributed by atoms with E-state index in [4.69, 9.17) is 4.74 Å². The molecular weight excluding hydrogens is 238 g/mol. The smallest absolute Gasteiger partial charge is 0.0710 e. The maximum atomic E-state index is 10.1. The van der Waals surface area contributed by atoms with Crippen molar-refractivity contribution in [3.63, 3.8) is 0 Å². The van der Waals surface area contributed by atoms with E-state index in [9.17, 15) is 5.11 Å². The van der Waals surface area contributed by atoms with Gasteiger partial charge in [-0.15, -0.1) is 0 Å². The SMILES string of the molecule is CN(CC1CCC2(CCCC2)O1)C1CCCCC1O. The van der Waals surface area contributed by atoms with Crippen LogP contribution in [0.5, 0.6) is 0 Å². The zero-order chi connectivity index (χ0) is 13.3. The van der Waals surface area contributed by atoms with Crippen molar-refractivity contribution in [2.45, 2.75) is 88.1 Å². The van der Waals surface area contributed by atoms with Gasteiger partial charge in [0.2, 0.25) is 0 Å². The molecule has 0 bridgehead atoms. The van der Waals surface area contributed by atoms with Gasteiger partial charge < -0.3 is 9.84 Å². The number of hydrogen-bond donors (Lipinski definition) is 1. The number of hydrogen-bond acceptors (Lipinski definition) is 3. The fraction of sp³-hybridized carbons (Fsp3) is 1.00. The first-order chi connectivity index (χ1) is 9.19. The van der Waals surface area contributed by atoms with Gasteiger partial charge in [-0.2, -0.15) is 0 Å². The average Bonchev–Trinajstić information content (AvgIpc) is 3.01. The molecule has 19 heavy (non-hydrogen) atoms. The molecule has 1 spiro atoms. The fourth-order valence-electron chi connectivity index (χ4n) is 4.47. The molecule has 3 heteroatoms. The lowest BCUT2D eigenvalue weighted by molar-refractivity contribution is -0.0581. The molecular formula is C16H29NO2. The number of rotatable bonds is 3. The second-order valence-corrected chi connectivity index (χ2v) is 7.03. The highest BCUT2D eigenvalue weighted by Gasteiger charge is 2.42. The van der Waals surface area contributed by atoms with E-state index < -0.39 is 0 Å². The first-order valence-corrected chi connectivity index (χ1v) is 8.25. The summed E-state index contributed by atoms with van der Waals surface area (Å²) in [6.45, 7) is 1.00. The van der Waals surface area contributed by atoms with Gasteiger partial charge in [-0.05, 0) is 45.6 Å². The van der Waals surface area contributed by atoms with E-state index in [2.05, 4.69) is 11.9 Å². The Bertz CT molecular complexity index is 301. The molecule has 0 amide bonds. The molecule has 0 radical (unpaired) electrons. The predicted molar refractivity (Wildman–Crippen MR) is 76.2 cm³/mol. The number of aliphatic hydroxyl groups is 1. The minimum atomic E-state index is -0.124. The summed E-state index contributed by atoms with van der Waals surface area (Å²) >= 11 is 0. The lowest BCUT2D eigenvalue weighted by Gasteiger charge is -2.36. The van der Waals surface area contributed by atoms with E-state index >= 15 is 0 Å². The lowest BCUT2D eigenvalue weighted by atomic mass is 9.91. The van der Waals surface area contributed by atoms with E-state index in [0.29, 0.717) is 12.1 Å². The van der Waals surface area contributed by atoms with Crippen LogP contribution in [0.2, 0.25) is 0 Å². The molecule has 0 aromatic carbocycles. The Morgan fingerprint density at radius 2 is 1.79 bits per heavy atom. The molecule has 3 atom stereocenters. The van der Waals surface area contributed by atoms with Crippen molar-refractivity contribution in [3.8, 4) is 0 Å². The molecule has 1 saturated heterocycles. The van der Waals surface area contributed by atoms with Gasteiger partial charge in [0, 0.05) is 12.6 Å². The lowest BCUT2D eigenvalue weighted by Crippen LogP contribution is -2.46. The van der Waals surface area contributed by atoms with Gasteiger partial charge in [0.1, 0.15) is 0 Å². The van der Waals surface area contributed by atoms with Crippen molar-refractivity contribution in [2.24, 2.45) is 0 Å². The summed E-state index contributed by atoms with van der Waals surface area (Å²) < 4.78 is 6.38. The summed E-state index contributed by atoms with van der Waals surface area (Å²) in [5.41, 5.74) is 0.247. The molecule has 2 saturated carbocycles. The summed E-state index contributed by atoms with van der Waals surface area (Å²) in [6.07, 6.45) is 12.6. The van der Waals surface area contributed by atoms with E-state index in [1.165, 1.54) is 51.4 Å². The molecule has 1 aliphatic heterocycles. The van der Waals surface area contributed by atoms with Gasteiger partial charge in [0.15, 0.2) is 0 Å². The summed E-state index contributed by atoms with van der Waals surface area (Å²) in [5, 5.41) is 10.1. The monoisotopic (exact) mass is 267 g/mol. The second kappa shape index (κ2) is 5.71. The molecule has 1 heterocycles. The predicted octanol–water partition coefficient (Wildman–Crippen LogP) is 2.71. The first kappa shape index (κ1) is 13.8. The van der Waals surface area contributed by atoms with Crippen molar-refractivity contribution in [2.75, 3.05) is 13.6 Å². The van der Waals surface area contributed by atoms with Crippen LogP contribution in [-0.4, -0.2) is 47.4 Å². The maximum absolute atomic E-state index is 10.1. The Hall–Kier alpha value is -0.120. The zero-order valence-electron chi connectivity index (χ0n) is 12.3. The molecule has 3 aliphatic rings. The summed E-state index contributed by atoms with van der Waals surface area (Å²) in [7, 11) is 2.17. The molecule has 3 fully saturated rings. The molecule has 1 N–H and O–H groups in total. The number of aliphatic hydroxyl groups excluding tert-OH is 1. The van der Waals surface area contributed by atoms with Crippen molar-refractivity contribution in [1.82, 2.24) is 4.90 Å². The largest absolute Gasteiger partial charge is 0.391 e. The Labute approximate surface area is 117 Å². The summed E-state index contributed by atoms with van der Waals surface area (Å²) in [6, 6.07) is 0.359. The first-order valence-electron chi connectivity index (χ1n) is 8.25. The average molecular weight is 267 g/mol. The minimum Gasteiger partial charge on any atom is -0.391 e. The quantitative estimate of drug-likeness (QED) is 0.853. The number of likely N-dealkylation sites (N-methyl/N-ethyl adjacent to an activating group) is 1. The molecule has 3 nitrogen and oxygen atoms in total. The van der Waals surface area contributed by atoms with Crippen LogP contribution in [0.15, 0.2) is 0 Å². The minimum absolute atomic E-state index is 0.124. The third kappa shape index (κ3) is 2.98. The summed E-state index contributed by atoms with van der Waals surface area (Å²) in [4.78, 5) is 2.36. The van der Waals surface area contributed by atoms with Crippen LogP contribution in [0, 0.1) is 0 Å². The zero-order valence-corrected chi connectivity index (χ0v) is 12.3. The maximum Gasteiger partial charge on any atom is 0.0710 e. The van der Waals surface area contributed by atoms with Gasteiger partial charge in [-0.3, -0.25) is 4.90 Å². The Kier molecular flexibility index (Phi) is 4.16. The van der Waals surface area contributed by atoms with Crippen LogP contribution in [0.4, 0.5) is 0 Å². The third-order valence-electron chi connectivity index (χ3n) is 5.61. The Balaban J connectivity index is 1.51. The van der Waals surface area contributed by atoms with Crippen LogP contribution in [0.25, 0.3) is 0 Å². The van der Waals surface area contributed by atoms with Gasteiger partial charge in [0.25, 0.3) is 0 Å². The van der Waals surface area contributed by atoms with Crippen LogP contribution in [0.1, 0.15) is 64.2 Å². The topological polar surface area (TPSA) is 32.7 Å². The fourth-order valence-corrected chi connectivity index (χ4v) is 4.47. The van der Waals surface area contributed by atoms with E-state index in [0.717, 1.165) is 19.4 Å². The highest BCUT2D eigenvalue weighted by molar-refractivity contribution is 4.94. The highest BCUT2D eigenvalue weighted by atomic mass is 16.5. The van der Waals surface area contributed by atoms with Crippen LogP contribution >= 0.6 is 0 Å². The molecule has 2 aliphatic carbocycles. The van der Waals surface area contributed by atoms with E-state index in [1.807, 2.05) is 0 Å². The van der Waals surface area contributed by atoms with Gasteiger partial charge in [0.05, 0.1) is 17.8 Å². The van der Waals surface area contributed by atoms with Gasteiger partial charge in [-0.25, -0.2) is 0 Å². The standard InChI is InChI=1S/C16H29NO2/c1-17(14-6-2-3-7-15(14)18)12-13-8-11-16(19-13)9-4-5-10-16/h13-15,18H,2-12H2,1H3. The molecule has 0 aromatic heterocycles. The highest BCUT2D eigenvalue weighted by Crippen LogP contribution is 2.43. The van der Waals surface area contributed by atoms with Crippen molar-refractivity contribution >= 4 is 0 Å². The normalized spacial score (nSPS) is 38.4. The van der Waals surface area contributed by atoms with Crippen molar-refractivity contribution < 1.29 is 9.84 Å². The van der Waals surface area contributed by atoms with Crippen LogP contribution in [-0.2, 0) is 4.74 Å². The van der Waals surface area contributed by atoms with E-state index in [1.54, 1.807) is 0 Å². The Morgan fingerprint density at radius 1 is 1.05 bits per heavy atom. The van der Waals surface area contributed by atoms with Gasteiger partial charge >= 0.3 is 0 Å². The van der Waals surface area contributed by atoms with Crippen LogP contribution in [0.3, 0.4) is 0 Å². The van der Waals surface area contributed by atoms with Crippen molar-refractivity contribution in [3.05, 3.63) is 0 Å². The number of ether oxygens (including phenoxy) is 1. The molecule has 3 rings (SSSR count). The van der Waals surface area contributed by atoms with Crippen molar-refractivity contribution in [1.29, 1.82) is 0 Å². The van der Waals surface area contributed by atoms with Gasteiger partial charge in [-0.1, -0.05) is 25.7 Å². The molecule has 0 aromatic rings. The molecule has 3 unspecified atom stereocenters. The number of nitrogens with zero attached hydrogens (tertiary/aromatic N) is 1. The summed E-state index contributed by atoms with van der Waals surface area (Å²) in [5.74, 6) is 0. The Morgan fingerprint density at radius 3 is 2.53 bits per heavy atom. The molecule has 110 valence electrons. The third-order valence-corrected chi connectivity index (χ3v) is 5.61.